The molecule has 3 N–H and O–H groups in total. The van der Waals surface area contributed by atoms with Crippen LogP contribution in [0.25, 0.3) is 0 Å². The molecule has 0 aromatic carbocycles. The van der Waals surface area contributed by atoms with Gasteiger partial charge >= 0.3 is 5.97 Å². The van der Waals surface area contributed by atoms with Crippen LogP contribution < -0.4 is 10.6 Å². The van der Waals surface area contributed by atoms with E-state index >= 15 is 0 Å². The number of anilines is 1. The van der Waals surface area contributed by atoms with Crippen LogP contribution in [-0.4, -0.2) is 35.1 Å². The average Bonchev–Trinajstić information content (AvgIpc) is 2.85. The number of hydrogen-bond donors (Lipinski definition) is 2. The van der Waals surface area contributed by atoms with Gasteiger partial charge in [0.05, 0.1) is 5.56 Å². The number of pyridine rings is 1. The Morgan fingerprint density at radius 1 is 1.53 bits per heavy atom. The van der Waals surface area contributed by atoms with E-state index in [9.17, 15) is 9.59 Å². The third kappa shape index (κ3) is 3.21. The Kier molecular flexibility index (Phi) is 3.99. The first-order chi connectivity index (χ1) is 9.08. The quantitative estimate of drug-likeness (QED) is 0.821. The van der Waals surface area contributed by atoms with E-state index in [1.165, 1.54) is 0 Å². The highest BCUT2D eigenvalue weighted by atomic mass is 16.4. The molecule has 1 fully saturated rings. The standard InChI is InChI=1S/C13H17N3O3/c14-12(19)10-2-1-6-15-13(10)16-7-5-9(8-16)3-4-11(17)18/h1-2,6,9H,3-5,7-8H2,(H2,14,19)(H,17,18). The van der Waals surface area contributed by atoms with Gasteiger partial charge in [0.15, 0.2) is 0 Å². The average molecular weight is 263 g/mol. The second kappa shape index (κ2) is 5.69. The summed E-state index contributed by atoms with van der Waals surface area (Å²) < 4.78 is 0. The lowest BCUT2D eigenvalue weighted by Gasteiger charge is -2.19. The van der Waals surface area contributed by atoms with Gasteiger partial charge in [0.1, 0.15) is 5.82 Å². The van der Waals surface area contributed by atoms with Gasteiger partial charge in [-0.3, -0.25) is 9.59 Å². The number of carboxylic acid groups (broad SMARTS) is 1. The predicted octanol–water partition coefficient (Wildman–Crippen LogP) is 0.872. The molecular weight excluding hydrogens is 246 g/mol. The number of carbonyl (C=O) groups excluding carboxylic acids is 1. The molecule has 0 spiro atoms. The second-order valence-electron chi connectivity index (χ2n) is 4.77. The molecule has 6 nitrogen and oxygen atoms in total. The number of aromatic nitrogens is 1. The minimum Gasteiger partial charge on any atom is -0.481 e. The molecule has 1 unspecified atom stereocenters. The first-order valence-electron chi connectivity index (χ1n) is 6.29. The molecule has 1 saturated heterocycles. The van der Waals surface area contributed by atoms with Crippen molar-refractivity contribution in [1.29, 1.82) is 0 Å². The molecule has 19 heavy (non-hydrogen) atoms. The summed E-state index contributed by atoms with van der Waals surface area (Å²) in [6.07, 6.45) is 3.39. The van der Waals surface area contributed by atoms with E-state index in [1.54, 1.807) is 18.3 Å². The summed E-state index contributed by atoms with van der Waals surface area (Å²) in [4.78, 5) is 28.1. The van der Waals surface area contributed by atoms with Crippen molar-refractivity contribution < 1.29 is 14.7 Å². The fourth-order valence-corrected chi connectivity index (χ4v) is 2.43. The predicted molar refractivity (Wildman–Crippen MR) is 69.9 cm³/mol. The summed E-state index contributed by atoms with van der Waals surface area (Å²) in [7, 11) is 0. The van der Waals surface area contributed by atoms with Crippen molar-refractivity contribution in [2.24, 2.45) is 11.7 Å². The normalized spacial score (nSPS) is 18.5. The van der Waals surface area contributed by atoms with E-state index in [2.05, 4.69) is 4.98 Å². The molecule has 2 heterocycles. The van der Waals surface area contributed by atoms with E-state index in [4.69, 9.17) is 10.8 Å². The van der Waals surface area contributed by atoms with Crippen LogP contribution in [0, 0.1) is 5.92 Å². The fourth-order valence-electron chi connectivity index (χ4n) is 2.43. The lowest BCUT2D eigenvalue weighted by Crippen LogP contribution is -2.25. The molecule has 0 radical (unpaired) electrons. The van der Waals surface area contributed by atoms with Crippen molar-refractivity contribution in [1.82, 2.24) is 4.98 Å². The first-order valence-corrected chi connectivity index (χ1v) is 6.29. The number of amides is 1. The van der Waals surface area contributed by atoms with Gasteiger partial charge in [-0.15, -0.1) is 0 Å². The summed E-state index contributed by atoms with van der Waals surface area (Å²) in [5.74, 6) is -0.321. The van der Waals surface area contributed by atoms with E-state index in [1.807, 2.05) is 4.90 Å². The highest BCUT2D eigenvalue weighted by molar-refractivity contribution is 5.97. The monoisotopic (exact) mass is 263 g/mol. The van der Waals surface area contributed by atoms with Crippen LogP contribution in [0.4, 0.5) is 5.82 Å². The Balaban J connectivity index is 2.04. The highest BCUT2D eigenvalue weighted by Gasteiger charge is 2.26. The van der Waals surface area contributed by atoms with Crippen LogP contribution in [-0.2, 0) is 4.79 Å². The summed E-state index contributed by atoms with van der Waals surface area (Å²) in [6.45, 7) is 1.51. The fraction of sp³-hybridized carbons (Fsp3) is 0.462. The number of nitrogens with two attached hydrogens (primary N) is 1. The maximum Gasteiger partial charge on any atom is 0.303 e. The molecule has 0 saturated carbocycles. The summed E-state index contributed by atoms with van der Waals surface area (Å²) >= 11 is 0. The molecule has 2 rings (SSSR count). The Hall–Kier alpha value is -2.11. The zero-order valence-corrected chi connectivity index (χ0v) is 10.6. The maximum atomic E-state index is 11.4. The number of nitrogens with zero attached hydrogens (tertiary/aromatic N) is 2. The molecule has 1 amide bonds. The molecule has 6 heteroatoms. The van der Waals surface area contributed by atoms with Gasteiger partial charge in [0, 0.05) is 25.7 Å². The Bertz CT molecular complexity index is 490. The number of hydrogen-bond acceptors (Lipinski definition) is 4. The summed E-state index contributed by atoms with van der Waals surface area (Å²) in [6, 6.07) is 3.34. The van der Waals surface area contributed by atoms with E-state index in [-0.39, 0.29) is 6.42 Å². The van der Waals surface area contributed by atoms with Crippen LogP contribution in [0.15, 0.2) is 18.3 Å². The second-order valence-corrected chi connectivity index (χ2v) is 4.77. The number of primary amides is 1. The molecule has 1 atom stereocenters. The zero-order valence-electron chi connectivity index (χ0n) is 10.6. The van der Waals surface area contributed by atoms with Gasteiger partial charge in [-0.05, 0) is 30.9 Å². The van der Waals surface area contributed by atoms with Gasteiger partial charge in [0.2, 0.25) is 0 Å². The van der Waals surface area contributed by atoms with Crippen molar-refractivity contribution in [3.63, 3.8) is 0 Å². The van der Waals surface area contributed by atoms with Crippen molar-refractivity contribution in [2.45, 2.75) is 19.3 Å². The van der Waals surface area contributed by atoms with Crippen LogP contribution in [0.1, 0.15) is 29.6 Å². The third-order valence-electron chi connectivity index (χ3n) is 3.40. The van der Waals surface area contributed by atoms with E-state index in [0.29, 0.717) is 23.7 Å². The largest absolute Gasteiger partial charge is 0.481 e. The van der Waals surface area contributed by atoms with Crippen molar-refractivity contribution in [3.8, 4) is 0 Å². The van der Waals surface area contributed by atoms with Gasteiger partial charge < -0.3 is 15.7 Å². The minimum absolute atomic E-state index is 0.184. The maximum absolute atomic E-state index is 11.4. The minimum atomic E-state index is -0.769. The van der Waals surface area contributed by atoms with Crippen molar-refractivity contribution in [3.05, 3.63) is 23.9 Å². The molecule has 1 aromatic heterocycles. The Morgan fingerprint density at radius 3 is 3.00 bits per heavy atom. The molecule has 1 aliphatic rings. The smallest absolute Gasteiger partial charge is 0.303 e. The van der Waals surface area contributed by atoms with Gasteiger partial charge in [0.25, 0.3) is 5.91 Å². The molecular formula is C13H17N3O3. The number of carbonyl (C=O) groups is 2. The van der Waals surface area contributed by atoms with E-state index < -0.39 is 11.9 Å². The van der Waals surface area contributed by atoms with Gasteiger partial charge in [-0.25, -0.2) is 4.98 Å². The van der Waals surface area contributed by atoms with Gasteiger partial charge in [-0.1, -0.05) is 0 Å². The molecule has 0 bridgehead atoms. The topological polar surface area (TPSA) is 96.5 Å². The van der Waals surface area contributed by atoms with Crippen LogP contribution in [0.5, 0.6) is 0 Å². The number of carboxylic acids is 1. The molecule has 1 aliphatic heterocycles. The van der Waals surface area contributed by atoms with Crippen LogP contribution in [0.3, 0.4) is 0 Å². The lowest BCUT2D eigenvalue weighted by molar-refractivity contribution is -0.137. The summed E-state index contributed by atoms with van der Waals surface area (Å²) in [5.41, 5.74) is 5.75. The summed E-state index contributed by atoms with van der Waals surface area (Å²) in [5, 5.41) is 8.69. The molecule has 0 aliphatic carbocycles. The number of aliphatic carboxylic acids is 1. The van der Waals surface area contributed by atoms with Crippen molar-refractivity contribution >= 4 is 17.7 Å². The van der Waals surface area contributed by atoms with Crippen LogP contribution >= 0.6 is 0 Å². The first kappa shape index (κ1) is 13.3. The zero-order chi connectivity index (χ0) is 13.8. The molecule has 102 valence electrons. The molecule has 1 aromatic rings. The third-order valence-corrected chi connectivity index (χ3v) is 3.40. The SMILES string of the molecule is NC(=O)c1cccnc1N1CCC(CCC(=O)O)C1. The number of rotatable bonds is 5. The Labute approximate surface area is 111 Å². The van der Waals surface area contributed by atoms with Crippen LogP contribution in [0.2, 0.25) is 0 Å². The van der Waals surface area contributed by atoms with E-state index in [0.717, 1.165) is 19.5 Å². The lowest BCUT2D eigenvalue weighted by atomic mass is 10.0. The Morgan fingerprint density at radius 2 is 2.32 bits per heavy atom. The highest BCUT2D eigenvalue weighted by Crippen LogP contribution is 2.27. The van der Waals surface area contributed by atoms with Crippen molar-refractivity contribution in [2.75, 3.05) is 18.0 Å². The van der Waals surface area contributed by atoms with Gasteiger partial charge in [-0.2, -0.15) is 0 Å².